The second-order valence-electron chi connectivity index (χ2n) is 7.94. The van der Waals surface area contributed by atoms with Gasteiger partial charge in [0, 0.05) is 12.7 Å². The van der Waals surface area contributed by atoms with Crippen molar-refractivity contribution in [3.05, 3.63) is 59.9 Å². The molecule has 1 saturated heterocycles. The topological polar surface area (TPSA) is 146 Å². The molecule has 0 aliphatic carbocycles. The van der Waals surface area contributed by atoms with E-state index in [1.165, 1.54) is 12.1 Å². The van der Waals surface area contributed by atoms with Gasteiger partial charge in [-0.3, -0.25) is 9.78 Å². The highest BCUT2D eigenvalue weighted by molar-refractivity contribution is 5.78. The minimum atomic E-state index is -5.08. The number of likely N-dealkylation sites (tertiary alicyclic amines) is 1. The fraction of sp³-hybridized carbons (Fsp3) is 0.348. The molecular weight excluding hydrogens is 561 g/mol. The van der Waals surface area contributed by atoms with Crippen molar-refractivity contribution in [2.75, 3.05) is 13.2 Å². The van der Waals surface area contributed by atoms with Crippen molar-refractivity contribution in [2.45, 2.75) is 37.8 Å². The summed E-state index contributed by atoms with van der Waals surface area (Å²) in [5.41, 5.74) is 2.20. The monoisotopic (exact) mass is 582 g/mol. The molecule has 0 saturated carbocycles. The normalized spacial score (nSPS) is 15.1. The Balaban J connectivity index is 0.000000333. The van der Waals surface area contributed by atoms with E-state index in [-0.39, 0.29) is 31.0 Å². The number of carbonyl (C=O) groups is 3. The number of aromatic nitrogens is 3. The van der Waals surface area contributed by atoms with Crippen LogP contribution in [-0.2, 0) is 25.7 Å². The summed E-state index contributed by atoms with van der Waals surface area (Å²) in [5, 5.41) is 14.2. The molecule has 0 spiro atoms. The number of fused-ring (bicyclic) bond motifs is 1. The van der Waals surface area contributed by atoms with Crippen LogP contribution < -0.4 is 0 Å². The van der Waals surface area contributed by atoms with Gasteiger partial charge in [0.1, 0.15) is 24.9 Å². The SMILES string of the molecule is O=C(COCc1nc2ccc(F)cc2[nH]1)N1CCCC1c1ccccn1.O=C(O)C(F)(F)F.O=C(O)C(F)(F)F. The van der Waals surface area contributed by atoms with E-state index >= 15 is 0 Å². The van der Waals surface area contributed by atoms with Crippen LogP contribution in [-0.4, -0.2) is 73.4 Å². The number of hydrogen-bond donors (Lipinski definition) is 3. The van der Waals surface area contributed by atoms with Crippen LogP contribution in [0.25, 0.3) is 11.0 Å². The third-order valence-electron chi connectivity index (χ3n) is 5.04. The smallest absolute Gasteiger partial charge is 0.475 e. The Hall–Kier alpha value is -4.28. The second kappa shape index (κ2) is 13.7. The molecule has 3 aromatic rings. The Morgan fingerprint density at radius 2 is 1.65 bits per heavy atom. The number of halogens is 7. The number of hydrogen-bond acceptors (Lipinski definition) is 6. The minimum Gasteiger partial charge on any atom is -0.475 e. The van der Waals surface area contributed by atoms with Gasteiger partial charge in [-0.25, -0.2) is 19.0 Å². The first kappa shape index (κ1) is 31.9. The van der Waals surface area contributed by atoms with E-state index in [0.717, 1.165) is 18.5 Å². The van der Waals surface area contributed by atoms with Crippen molar-refractivity contribution in [3.63, 3.8) is 0 Å². The zero-order valence-electron chi connectivity index (χ0n) is 20.2. The molecule has 1 aliphatic rings. The minimum absolute atomic E-state index is 0.0153. The van der Waals surface area contributed by atoms with Gasteiger partial charge >= 0.3 is 24.3 Å². The fourth-order valence-electron chi connectivity index (χ4n) is 3.37. The number of amides is 1. The van der Waals surface area contributed by atoms with E-state index in [2.05, 4.69) is 15.0 Å². The molecule has 0 bridgehead atoms. The maximum absolute atomic E-state index is 13.2. The van der Waals surface area contributed by atoms with Crippen LogP contribution in [0.2, 0.25) is 0 Å². The molecule has 1 aromatic carbocycles. The van der Waals surface area contributed by atoms with Crippen LogP contribution in [0.3, 0.4) is 0 Å². The van der Waals surface area contributed by atoms with Crippen molar-refractivity contribution in [1.82, 2.24) is 19.9 Å². The number of nitrogens with one attached hydrogen (secondary N) is 1. The number of pyridine rings is 1. The Bertz CT molecular complexity index is 1270. The Labute approximate surface area is 220 Å². The largest absolute Gasteiger partial charge is 0.490 e. The predicted molar refractivity (Wildman–Crippen MR) is 121 cm³/mol. The summed E-state index contributed by atoms with van der Waals surface area (Å²) in [4.78, 5) is 43.9. The molecule has 218 valence electrons. The van der Waals surface area contributed by atoms with Gasteiger partial charge in [0.25, 0.3) is 0 Å². The quantitative estimate of drug-likeness (QED) is 0.379. The summed E-state index contributed by atoms with van der Waals surface area (Å²) >= 11 is 0. The molecular formula is C23H21F7N4O6. The third-order valence-corrected chi connectivity index (χ3v) is 5.04. The number of alkyl halides is 6. The van der Waals surface area contributed by atoms with Gasteiger partial charge in [-0.05, 0) is 43.2 Å². The number of benzene rings is 1. The first-order valence-electron chi connectivity index (χ1n) is 11.1. The molecule has 1 atom stereocenters. The van der Waals surface area contributed by atoms with Crippen molar-refractivity contribution in [3.8, 4) is 0 Å². The van der Waals surface area contributed by atoms with E-state index in [0.29, 0.717) is 23.4 Å². The van der Waals surface area contributed by atoms with Crippen LogP contribution in [0, 0.1) is 5.82 Å². The van der Waals surface area contributed by atoms with Crippen molar-refractivity contribution >= 4 is 28.9 Å². The summed E-state index contributed by atoms with van der Waals surface area (Å²) < 4.78 is 82.2. The van der Waals surface area contributed by atoms with Crippen LogP contribution in [0.4, 0.5) is 30.7 Å². The molecule has 1 aliphatic heterocycles. The summed E-state index contributed by atoms with van der Waals surface area (Å²) in [6.07, 6.45) is -6.54. The number of rotatable bonds is 5. The summed E-state index contributed by atoms with van der Waals surface area (Å²) in [6, 6.07) is 10.1. The van der Waals surface area contributed by atoms with E-state index in [9.17, 15) is 35.5 Å². The molecule has 3 N–H and O–H groups in total. The van der Waals surface area contributed by atoms with Crippen molar-refractivity contribution < 1.29 is 60.1 Å². The standard InChI is InChI=1S/C19H19FN4O2.2C2HF3O2/c20-13-6-7-14-16(10-13)23-18(22-14)11-26-12-19(25)24-9-3-5-17(24)15-4-1-2-8-21-15;2*3-2(4,5)1(6)7/h1-2,4,6-8,10,17H,3,5,9,11-12H2,(H,22,23);2*(H,6,7). The second-order valence-corrected chi connectivity index (χ2v) is 7.94. The van der Waals surface area contributed by atoms with E-state index in [4.69, 9.17) is 24.5 Å². The van der Waals surface area contributed by atoms with E-state index in [1.54, 1.807) is 12.3 Å². The third kappa shape index (κ3) is 9.79. The molecule has 1 fully saturated rings. The highest BCUT2D eigenvalue weighted by Gasteiger charge is 2.39. The van der Waals surface area contributed by atoms with E-state index in [1.807, 2.05) is 23.1 Å². The van der Waals surface area contributed by atoms with Crippen LogP contribution in [0.1, 0.15) is 30.4 Å². The maximum atomic E-state index is 13.2. The lowest BCUT2D eigenvalue weighted by atomic mass is 10.1. The molecule has 2 aromatic heterocycles. The lowest BCUT2D eigenvalue weighted by Gasteiger charge is -2.24. The van der Waals surface area contributed by atoms with Crippen molar-refractivity contribution in [1.29, 1.82) is 0 Å². The van der Waals surface area contributed by atoms with Gasteiger partial charge < -0.3 is 24.8 Å². The zero-order chi connectivity index (χ0) is 30.1. The zero-order valence-corrected chi connectivity index (χ0v) is 20.2. The fourth-order valence-corrected chi connectivity index (χ4v) is 3.37. The van der Waals surface area contributed by atoms with Gasteiger partial charge in [0.2, 0.25) is 5.91 Å². The highest BCUT2D eigenvalue weighted by Crippen LogP contribution is 2.30. The van der Waals surface area contributed by atoms with Crippen LogP contribution in [0.5, 0.6) is 0 Å². The average molecular weight is 582 g/mol. The predicted octanol–water partition coefficient (Wildman–Crippen LogP) is 4.24. The van der Waals surface area contributed by atoms with Gasteiger partial charge in [-0.2, -0.15) is 26.3 Å². The number of aliphatic carboxylic acids is 2. The maximum Gasteiger partial charge on any atom is 0.490 e. The summed E-state index contributed by atoms with van der Waals surface area (Å²) in [7, 11) is 0. The lowest BCUT2D eigenvalue weighted by Crippen LogP contribution is -2.33. The summed E-state index contributed by atoms with van der Waals surface area (Å²) in [6.45, 7) is 0.867. The Kier molecular flexibility index (Phi) is 10.9. The molecule has 17 heteroatoms. The van der Waals surface area contributed by atoms with Gasteiger partial charge in [-0.1, -0.05) is 6.07 Å². The number of imidazole rings is 1. The Morgan fingerprint density at radius 1 is 1.02 bits per heavy atom. The number of H-pyrrole nitrogens is 1. The molecule has 40 heavy (non-hydrogen) atoms. The van der Waals surface area contributed by atoms with Crippen molar-refractivity contribution in [2.24, 2.45) is 0 Å². The number of aromatic amines is 1. The van der Waals surface area contributed by atoms with Crippen LogP contribution in [0.15, 0.2) is 42.6 Å². The number of carboxylic acids is 2. The molecule has 3 heterocycles. The Morgan fingerprint density at radius 3 is 2.20 bits per heavy atom. The van der Waals surface area contributed by atoms with Gasteiger partial charge in [0.05, 0.1) is 22.8 Å². The number of carbonyl (C=O) groups excluding carboxylic acids is 1. The average Bonchev–Trinajstić information content (AvgIpc) is 3.51. The van der Waals surface area contributed by atoms with Gasteiger partial charge in [0.15, 0.2) is 0 Å². The molecule has 1 unspecified atom stereocenters. The number of nitrogens with zero attached hydrogens (tertiary/aromatic N) is 3. The van der Waals surface area contributed by atoms with Crippen LogP contribution >= 0.6 is 0 Å². The first-order chi connectivity index (χ1) is 18.6. The number of ether oxygens (including phenoxy) is 1. The van der Waals surface area contributed by atoms with Gasteiger partial charge in [-0.15, -0.1) is 0 Å². The molecule has 1 amide bonds. The lowest BCUT2D eigenvalue weighted by molar-refractivity contribution is -0.193. The molecule has 0 radical (unpaired) electrons. The molecule has 4 rings (SSSR count). The number of carboxylic acid groups (broad SMARTS) is 2. The van der Waals surface area contributed by atoms with E-state index < -0.39 is 24.3 Å². The first-order valence-corrected chi connectivity index (χ1v) is 11.1. The molecule has 10 nitrogen and oxygen atoms in total. The summed E-state index contributed by atoms with van der Waals surface area (Å²) in [5.74, 6) is -5.32. The highest BCUT2D eigenvalue weighted by atomic mass is 19.4.